The molecule has 0 spiro atoms. The molecule has 0 fully saturated rings. The number of hydrogen-bond acceptors (Lipinski definition) is 5. The van der Waals surface area contributed by atoms with Gasteiger partial charge in [-0.3, -0.25) is 4.79 Å². The van der Waals surface area contributed by atoms with Gasteiger partial charge >= 0.3 is 5.69 Å². The fourth-order valence-electron chi connectivity index (χ4n) is 3.11. The van der Waals surface area contributed by atoms with E-state index in [-0.39, 0.29) is 18.3 Å². The van der Waals surface area contributed by atoms with Crippen molar-refractivity contribution < 1.29 is 14.6 Å². The Labute approximate surface area is 181 Å². The van der Waals surface area contributed by atoms with Crippen LogP contribution in [-0.2, 0) is 4.79 Å². The summed E-state index contributed by atoms with van der Waals surface area (Å²) in [7, 11) is 0. The molecule has 7 heteroatoms. The molecule has 7 nitrogen and oxygen atoms in total. The predicted molar refractivity (Wildman–Crippen MR) is 120 cm³/mol. The zero-order chi connectivity index (χ0) is 22.2. The number of phenolic OH excluding ortho intramolecular Hbond substituents is 1. The molecule has 0 bridgehead atoms. The second kappa shape index (κ2) is 10.4. The fraction of sp³-hybridized carbons (Fsp3) is 0.292. The maximum Gasteiger partial charge on any atom is 0.345 e. The van der Waals surface area contributed by atoms with Gasteiger partial charge in [-0.1, -0.05) is 19.8 Å². The third kappa shape index (κ3) is 6.18. The topological polar surface area (TPSA) is 104 Å². The monoisotopic (exact) mass is 421 g/mol. The van der Waals surface area contributed by atoms with Crippen LogP contribution in [0.15, 0.2) is 53.3 Å². The molecule has 0 saturated carbocycles. The number of rotatable bonds is 9. The largest absolute Gasteiger partial charge is 0.508 e. The van der Waals surface area contributed by atoms with Crippen LogP contribution in [0.1, 0.15) is 31.7 Å². The van der Waals surface area contributed by atoms with E-state index in [1.165, 1.54) is 0 Å². The average molecular weight is 421 g/mol. The zero-order valence-corrected chi connectivity index (χ0v) is 17.8. The number of phenols is 1. The number of aromatic amines is 1. The van der Waals surface area contributed by atoms with Gasteiger partial charge in [0.05, 0.1) is 11.4 Å². The Morgan fingerprint density at radius 2 is 1.84 bits per heavy atom. The first-order chi connectivity index (χ1) is 15.0. The summed E-state index contributed by atoms with van der Waals surface area (Å²) in [4.78, 5) is 30.7. The quantitative estimate of drug-likeness (QED) is 0.456. The van der Waals surface area contributed by atoms with Crippen molar-refractivity contribution in [3.05, 3.63) is 64.6 Å². The van der Waals surface area contributed by atoms with Crippen molar-refractivity contribution in [1.29, 1.82) is 0 Å². The Morgan fingerprint density at radius 3 is 2.55 bits per heavy atom. The number of unbranched alkanes of at least 4 members (excludes halogenated alkanes) is 2. The summed E-state index contributed by atoms with van der Waals surface area (Å²) in [6.07, 6.45) is 3.16. The van der Waals surface area contributed by atoms with Crippen LogP contribution in [0.3, 0.4) is 0 Å². The summed E-state index contributed by atoms with van der Waals surface area (Å²) in [6, 6.07) is 14.0. The molecular formula is C24H27N3O4. The van der Waals surface area contributed by atoms with Gasteiger partial charge in [-0.05, 0) is 73.0 Å². The number of ether oxygens (including phenoxy) is 1. The molecule has 0 unspecified atom stereocenters. The molecule has 0 aliphatic rings. The number of hydrogen-bond donors (Lipinski definition) is 3. The van der Waals surface area contributed by atoms with Crippen LogP contribution in [0.5, 0.6) is 11.5 Å². The Balaban J connectivity index is 1.68. The molecule has 3 aromatic rings. The van der Waals surface area contributed by atoms with Crippen molar-refractivity contribution >= 4 is 5.91 Å². The molecule has 0 aliphatic heterocycles. The average Bonchev–Trinajstić information content (AvgIpc) is 2.77. The van der Waals surface area contributed by atoms with Gasteiger partial charge in [0, 0.05) is 12.1 Å². The van der Waals surface area contributed by atoms with E-state index in [0.29, 0.717) is 29.2 Å². The van der Waals surface area contributed by atoms with E-state index in [2.05, 4.69) is 22.2 Å². The first kappa shape index (κ1) is 22.1. The van der Waals surface area contributed by atoms with Crippen molar-refractivity contribution in [2.45, 2.75) is 33.1 Å². The predicted octanol–water partition coefficient (Wildman–Crippen LogP) is 3.80. The second-order valence-electron chi connectivity index (χ2n) is 7.36. The lowest BCUT2D eigenvalue weighted by Gasteiger charge is -2.09. The molecule has 3 rings (SSSR count). The van der Waals surface area contributed by atoms with Crippen LogP contribution < -0.4 is 15.7 Å². The van der Waals surface area contributed by atoms with Crippen LogP contribution in [0.25, 0.3) is 22.5 Å². The maximum atomic E-state index is 12.1. The highest BCUT2D eigenvalue weighted by Crippen LogP contribution is 2.26. The molecule has 1 amide bonds. The Morgan fingerprint density at radius 1 is 1.10 bits per heavy atom. The van der Waals surface area contributed by atoms with Crippen LogP contribution >= 0.6 is 0 Å². The summed E-state index contributed by atoms with van der Waals surface area (Å²) in [6.45, 7) is 4.53. The van der Waals surface area contributed by atoms with E-state index in [9.17, 15) is 14.7 Å². The van der Waals surface area contributed by atoms with E-state index in [0.717, 1.165) is 30.4 Å². The highest BCUT2D eigenvalue weighted by molar-refractivity contribution is 5.77. The number of aromatic hydroxyl groups is 1. The minimum atomic E-state index is -0.460. The lowest BCUT2D eigenvalue weighted by Crippen LogP contribution is -2.29. The minimum Gasteiger partial charge on any atom is -0.508 e. The zero-order valence-electron chi connectivity index (χ0n) is 17.8. The molecule has 3 N–H and O–H groups in total. The van der Waals surface area contributed by atoms with Gasteiger partial charge in [0.1, 0.15) is 11.5 Å². The van der Waals surface area contributed by atoms with Crippen molar-refractivity contribution in [3.63, 3.8) is 0 Å². The normalized spacial score (nSPS) is 10.6. The van der Waals surface area contributed by atoms with Crippen molar-refractivity contribution in [2.75, 3.05) is 13.2 Å². The summed E-state index contributed by atoms with van der Waals surface area (Å²) in [5, 5.41) is 12.6. The molecule has 0 radical (unpaired) electrons. The number of aryl methyl sites for hydroxylation is 1. The van der Waals surface area contributed by atoms with E-state index in [4.69, 9.17) is 4.74 Å². The number of carbonyl (C=O) groups excluding carboxylic acids is 1. The van der Waals surface area contributed by atoms with Crippen molar-refractivity contribution in [2.24, 2.45) is 0 Å². The molecule has 0 aliphatic carbocycles. The SMILES string of the molecule is CCCCCNC(=O)COc1ccc(-c2cc(-c3ccc(O)c(C)c3)nc(=O)[nH]2)cc1. The fourth-order valence-corrected chi connectivity index (χ4v) is 3.11. The van der Waals surface area contributed by atoms with E-state index < -0.39 is 5.69 Å². The van der Waals surface area contributed by atoms with Gasteiger partial charge < -0.3 is 20.1 Å². The number of nitrogens with one attached hydrogen (secondary N) is 2. The molecule has 0 saturated heterocycles. The lowest BCUT2D eigenvalue weighted by molar-refractivity contribution is -0.123. The van der Waals surface area contributed by atoms with Crippen LogP contribution in [-0.4, -0.2) is 34.1 Å². The van der Waals surface area contributed by atoms with Crippen molar-refractivity contribution in [1.82, 2.24) is 15.3 Å². The molecule has 0 atom stereocenters. The smallest absolute Gasteiger partial charge is 0.345 e. The summed E-state index contributed by atoms with van der Waals surface area (Å²) in [5.74, 6) is 0.616. The van der Waals surface area contributed by atoms with Gasteiger partial charge in [-0.25, -0.2) is 4.79 Å². The molecular weight excluding hydrogens is 394 g/mol. The van der Waals surface area contributed by atoms with Crippen LogP contribution in [0.4, 0.5) is 0 Å². The highest BCUT2D eigenvalue weighted by atomic mass is 16.5. The molecule has 2 aromatic carbocycles. The third-order valence-electron chi connectivity index (χ3n) is 4.87. The van der Waals surface area contributed by atoms with Crippen LogP contribution in [0.2, 0.25) is 0 Å². The molecule has 1 heterocycles. The summed E-state index contributed by atoms with van der Waals surface area (Å²) < 4.78 is 5.54. The number of H-pyrrole nitrogens is 1. The maximum absolute atomic E-state index is 12.1. The Kier molecular flexibility index (Phi) is 7.43. The highest BCUT2D eigenvalue weighted by Gasteiger charge is 2.08. The second-order valence-corrected chi connectivity index (χ2v) is 7.36. The molecule has 31 heavy (non-hydrogen) atoms. The van der Waals surface area contributed by atoms with E-state index in [1.54, 1.807) is 43.3 Å². The standard InChI is InChI=1S/C24H27N3O4/c1-3-4-5-12-25-23(29)15-31-19-9-6-17(7-10-19)20-14-21(27-24(30)26-20)18-8-11-22(28)16(2)13-18/h6-11,13-14,28H,3-5,12,15H2,1-2H3,(H,25,29)(H,26,27,30). The van der Waals surface area contributed by atoms with Gasteiger partial charge in [0.15, 0.2) is 6.61 Å². The number of amides is 1. The number of aromatic nitrogens is 2. The lowest BCUT2D eigenvalue weighted by atomic mass is 10.1. The first-order valence-electron chi connectivity index (χ1n) is 10.4. The van der Waals surface area contributed by atoms with Crippen molar-refractivity contribution in [3.8, 4) is 34.0 Å². The summed E-state index contributed by atoms with van der Waals surface area (Å²) >= 11 is 0. The molecule has 162 valence electrons. The Hall–Kier alpha value is -3.61. The van der Waals surface area contributed by atoms with Crippen LogP contribution in [0, 0.1) is 6.92 Å². The van der Waals surface area contributed by atoms with Gasteiger partial charge in [-0.15, -0.1) is 0 Å². The minimum absolute atomic E-state index is 0.0398. The van der Waals surface area contributed by atoms with E-state index >= 15 is 0 Å². The number of nitrogens with zero attached hydrogens (tertiary/aromatic N) is 1. The number of benzene rings is 2. The Bertz CT molecular complexity index is 1090. The van der Waals surface area contributed by atoms with Gasteiger partial charge in [-0.2, -0.15) is 4.98 Å². The first-order valence-corrected chi connectivity index (χ1v) is 10.4. The number of carbonyl (C=O) groups is 1. The van der Waals surface area contributed by atoms with Gasteiger partial charge in [0.2, 0.25) is 0 Å². The third-order valence-corrected chi connectivity index (χ3v) is 4.87. The van der Waals surface area contributed by atoms with E-state index in [1.807, 2.05) is 12.1 Å². The van der Waals surface area contributed by atoms with Gasteiger partial charge in [0.25, 0.3) is 5.91 Å². The molecule has 1 aromatic heterocycles. The summed E-state index contributed by atoms with van der Waals surface area (Å²) in [5.41, 5.74) is 2.90.